The Kier molecular flexibility index (Phi) is 3.58. The van der Waals surface area contributed by atoms with Crippen LogP contribution in [0.5, 0.6) is 0 Å². The molecule has 0 radical (unpaired) electrons. The Morgan fingerprint density at radius 3 is 3.00 bits per heavy atom. The van der Waals surface area contributed by atoms with Gasteiger partial charge in [0.1, 0.15) is 6.33 Å². The summed E-state index contributed by atoms with van der Waals surface area (Å²) in [5.74, 6) is 0.0927. The lowest BCUT2D eigenvalue weighted by molar-refractivity contribution is 0.0936. The first kappa shape index (κ1) is 10.6. The van der Waals surface area contributed by atoms with E-state index in [-0.39, 0.29) is 11.9 Å². The largest absolute Gasteiger partial charge is 0.348 e. The molecule has 0 atom stereocenters. The smallest absolute Gasteiger partial charge is 0.288 e. The molecule has 0 spiro atoms. The van der Waals surface area contributed by atoms with Crippen LogP contribution in [-0.2, 0) is 0 Å². The van der Waals surface area contributed by atoms with Crippen molar-refractivity contribution in [3.63, 3.8) is 0 Å². The molecule has 1 aromatic heterocycles. The third-order valence-corrected chi connectivity index (χ3v) is 1.70. The molecule has 0 unspecified atom stereocenters. The van der Waals surface area contributed by atoms with Crippen LogP contribution in [0.2, 0.25) is 0 Å². The first-order valence-electron chi connectivity index (χ1n) is 4.54. The van der Waals surface area contributed by atoms with Crippen molar-refractivity contribution in [1.82, 2.24) is 20.1 Å². The van der Waals surface area contributed by atoms with Gasteiger partial charge in [-0.2, -0.15) is 5.10 Å². The van der Waals surface area contributed by atoms with E-state index in [0.717, 1.165) is 0 Å². The average Bonchev–Trinajstić information content (AvgIpc) is 2.62. The molecule has 0 saturated carbocycles. The number of hydrogen-bond donors (Lipinski definition) is 2. The molecule has 0 fully saturated rings. The zero-order valence-electron chi connectivity index (χ0n) is 8.40. The van der Waals surface area contributed by atoms with E-state index in [0.29, 0.717) is 18.9 Å². The molecule has 0 aliphatic carbocycles. The first-order chi connectivity index (χ1) is 6.66. The third-order valence-electron chi connectivity index (χ3n) is 1.70. The van der Waals surface area contributed by atoms with Gasteiger partial charge in [0, 0.05) is 19.1 Å². The molecule has 3 N–H and O–H groups in total. The van der Waals surface area contributed by atoms with Gasteiger partial charge in [0.15, 0.2) is 0 Å². The van der Waals surface area contributed by atoms with Crippen LogP contribution in [0, 0.1) is 0 Å². The fourth-order valence-electron chi connectivity index (χ4n) is 1.06. The summed E-state index contributed by atoms with van der Waals surface area (Å²) < 4.78 is 1.58. The Bertz CT molecular complexity index is 306. The molecule has 1 heterocycles. The SMILES string of the molecule is CC(C)n1ncnc1C(=O)NCCN. The summed E-state index contributed by atoms with van der Waals surface area (Å²) in [4.78, 5) is 15.4. The van der Waals surface area contributed by atoms with E-state index in [4.69, 9.17) is 5.73 Å². The van der Waals surface area contributed by atoms with Gasteiger partial charge in [-0.05, 0) is 13.8 Å². The van der Waals surface area contributed by atoms with Crippen molar-refractivity contribution in [2.24, 2.45) is 5.73 Å². The summed E-state index contributed by atoms with van der Waals surface area (Å²) in [6.45, 7) is 4.74. The lowest BCUT2D eigenvalue weighted by Crippen LogP contribution is -2.31. The van der Waals surface area contributed by atoms with Crippen molar-refractivity contribution in [3.05, 3.63) is 12.2 Å². The fraction of sp³-hybridized carbons (Fsp3) is 0.625. The summed E-state index contributed by atoms with van der Waals surface area (Å²) >= 11 is 0. The predicted molar refractivity (Wildman–Crippen MR) is 51.8 cm³/mol. The van der Waals surface area contributed by atoms with Crippen LogP contribution in [-0.4, -0.2) is 33.8 Å². The van der Waals surface area contributed by atoms with E-state index in [1.165, 1.54) is 6.33 Å². The van der Waals surface area contributed by atoms with Gasteiger partial charge in [0.2, 0.25) is 5.82 Å². The van der Waals surface area contributed by atoms with E-state index in [1.54, 1.807) is 4.68 Å². The van der Waals surface area contributed by atoms with Crippen molar-refractivity contribution in [2.45, 2.75) is 19.9 Å². The summed E-state index contributed by atoms with van der Waals surface area (Å²) in [5.41, 5.74) is 5.27. The third kappa shape index (κ3) is 2.29. The topological polar surface area (TPSA) is 85.8 Å². The van der Waals surface area contributed by atoms with Crippen molar-refractivity contribution in [1.29, 1.82) is 0 Å². The molecule has 0 aromatic carbocycles. The van der Waals surface area contributed by atoms with Crippen LogP contribution in [0.25, 0.3) is 0 Å². The van der Waals surface area contributed by atoms with E-state index in [9.17, 15) is 4.79 Å². The van der Waals surface area contributed by atoms with E-state index in [1.807, 2.05) is 13.8 Å². The second-order valence-corrected chi connectivity index (χ2v) is 3.17. The summed E-state index contributed by atoms with van der Waals surface area (Å²) in [7, 11) is 0. The first-order valence-corrected chi connectivity index (χ1v) is 4.54. The number of aromatic nitrogens is 3. The molecule has 0 aliphatic rings. The zero-order chi connectivity index (χ0) is 10.6. The van der Waals surface area contributed by atoms with Crippen LogP contribution < -0.4 is 11.1 Å². The van der Waals surface area contributed by atoms with Crippen molar-refractivity contribution >= 4 is 5.91 Å². The summed E-state index contributed by atoms with van der Waals surface area (Å²) in [6.07, 6.45) is 1.37. The highest BCUT2D eigenvalue weighted by Gasteiger charge is 2.14. The Labute approximate surface area is 82.5 Å². The fourth-order valence-corrected chi connectivity index (χ4v) is 1.06. The molecule has 78 valence electrons. The summed E-state index contributed by atoms with van der Waals surface area (Å²) in [5, 5.41) is 6.60. The molecule has 1 rings (SSSR count). The van der Waals surface area contributed by atoms with Crippen molar-refractivity contribution in [3.8, 4) is 0 Å². The highest BCUT2D eigenvalue weighted by atomic mass is 16.2. The minimum atomic E-state index is -0.235. The molecule has 1 aromatic rings. The second-order valence-electron chi connectivity index (χ2n) is 3.17. The number of nitrogens with one attached hydrogen (secondary N) is 1. The lowest BCUT2D eigenvalue weighted by Gasteiger charge is -2.08. The van der Waals surface area contributed by atoms with E-state index in [2.05, 4.69) is 15.4 Å². The molecule has 1 amide bonds. The maximum absolute atomic E-state index is 11.5. The molecular formula is C8H15N5O. The monoisotopic (exact) mass is 197 g/mol. The molecule has 0 saturated heterocycles. The van der Waals surface area contributed by atoms with E-state index >= 15 is 0 Å². The highest BCUT2D eigenvalue weighted by Crippen LogP contribution is 2.04. The maximum atomic E-state index is 11.5. The molecular weight excluding hydrogens is 182 g/mol. The number of hydrogen-bond acceptors (Lipinski definition) is 4. The number of nitrogens with zero attached hydrogens (tertiary/aromatic N) is 3. The normalized spacial score (nSPS) is 10.6. The predicted octanol–water partition coefficient (Wildman–Crippen LogP) is -0.452. The Morgan fingerprint density at radius 2 is 2.43 bits per heavy atom. The number of nitrogens with two attached hydrogens (primary N) is 1. The minimum absolute atomic E-state index is 0.121. The van der Waals surface area contributed by atoms with Gasteiger partial charge in [0.25, 0.3) is 5.91 Å². The molecule has 6 heteroatoms. The number of carbonyl (C=O) groups is 1. The molecule has 0 aliphatic heterocycles. The van der Waals surface area contributed by atoms with Gasteiger partial charge in [-0.3, -0.25) is 4.79 Å². The van der Waals surface area contributed by atoms with E-state index < -0.39 is 0 Å². The minimum Gasteiger partial charge on any atom is -0.348 e. The molecule has 6 nitrogen and oxygen atoms in total. The van der Waals surface area contributed by atoms with Crippen LogP contribution in [0.3, 0.4) is 0 Å². The Morgan fingerprint density at radius 1 is 1.71 bits per heavy atom. The van der Waals surface area contributed by atoms with Gasteiger partial charge in [-0.15, -0.1) is 0 Å². The zero-order valence-corrected chi connectivity index (χ0v) is 8.40. The number of amides is 1. The highest BCUT2D eigenvalue weighted by molar-refractivity contribution is 5.90. The van der Waals surface area contributed by atoms with Crippen LogP contribution >= 0.6 is 0 Å². The van der Waals surface area contributed by atoms with Gasteiger partial charge in [-0.25, -0.2) is 9.67 Å². The van der Waals surface area contributed by atoms with Crippen LogP contribution in [0.4, 0.5) is 0 Å². The van der Waals surface area contributed by atoms with Crippen molar-refractivity contribution in [2.75, 3.05) is 13.1 Å². The number of rotatable bonds is 4. The van der Waals surface area contributed by atoms with Gasteiger partial charge >= 0.3 is 0 Å². The molecule has 0 bridgehead atoms. The Hall–Kier alpha value is -1.43. The maximum Gasteiger partial charge on any atom is 0.288 e. The van der Waals surface area contributed by atoms with Gasteiger partial charge in [0.05, 0.1) is 0 Å². The Balaban J connectivity index is 2.74. The quantitative estimate of drug-likeness (QED) is 0.684. The summed E-state index contributed by atoms with van der Waals surface area (Å²) in [6, 6.07) is 0.121. The lowest BCUT2D eigenvalue weighted by atomic mass is 10.4. The second kappa shape index (κ2) is 4.71. The van der Waals surface area contributed by atoms with Crippen LogP contribution in [0.15, 0.2) is 6.33 Å². The average molecular weight is 197 g/mol. The standard InChI is InChI=1S/C8H15N5O/c1-6(2)13-7(11-5-12-13)8(14)10-4-3-9/h5-6H,3-4,9H2,1-2H3,(H,10,14). The van der Waals surface area contributed by atoms with Gasteiger partial charge < -0.3 is 11.1 Å². The van der Waals surface area contributed by atoms with Crippen molar-refractivity contribution < 1.29 is 4.79 Å². The van der Waals surface area contributed by atoms with Crippen LogP contribution in [0.1, 0.15) is 30.5 Å². The van der Waals surface area contributed by atoms with Gasteiger partial charge in [-0.1, -0.05) is 0 Å². The number of carbonyl (C=O) groups excluding carboxylic acids is 1. The molecule has 14 heavy (non-hydrogen) atoms.